The zero-order valence-corrected chi connectivity index (χ0v) is 13.4. The molecular weight excluding hydrogens is 282 g/mol. The topological polar surface area (TPSA) is 21.3 Å². The Morgan fingerprint density at radius 1 is 1.05 bits per heavy atom. The molecule has 0 aliphatic heterocycles. The number of ether oxygens (including phenoxy) is 1. The largest absolute Gasteiger partial charge is 0.493 e. The first-order chi connectivity index (χ1) is 10.3. The van der Waals surface area contributed by atoms with Crippen LogP contribution in [0.2, 0.25) is 5.02 Å². The third-order valence-corrected chi connectivity index (χ3v) is 3.51. The second kappa shape index (κ2) is 8.06. The van der Waals surface area contributed by atoms with Crippen molar-refractivity contribution in [2.75, 3.05) is 13.2 Å². The van der Waals surface area contributed by atoms with E-state index in [0.29, 0.717) is 0 Å². The van der Waals surface area contributed by atoms with Gasteiger partial charge in [-0.3, -0.25) is 0 Å². The smallest absolute Gasteiger partial charge is 0.127 e. The molecule has 2 nitrogen and oxygen atoms in total. The molecule has 0 spiro atoms. The van der Waals surface area contributed by atoms with E-state index in [0.717, 1.165) is 48.0 Å². The van der Waals surface area contributed by atoms with E-state index in [-0.39, 0.29) is 0 Å². The highest BCUT2D eigenvalue weighted by molar-refractivity contribution is 6.30. The molecule has 2 aromatic rings. The second-order valence-corrected chi connectivity index (χ2v) is 5.36. The fourth-order valence-electron chi connectivity index (χ4n) is 2.24. The average Bonchev–Trinajstić information content (AvgIpc) is 2.52. The Balaban J connectivity index is 2.42. The number of halogens is 1. The van der Waals surface area contributed by atoms with Gasteiger partial charge in [0.15, 0.2) is 0 Å². The van der Waals surface area contributed by atoms with Crippen LogP contribution in [0.4, 0.5) is 0 Å². The Bertz CT molecular complexity index is 583. The lowest BCUT2D eigenvalue weighted by molar-refractivity contribution is 0.318. The lowest BCUT2D eigenvalue weighted by Gasteiger charge is -2.15. The quantitative estimate of drug-likeness (QED) is 0.785. The number of hydrogen-bond acceptors (Lipinski definition) is 2. The van der Waals surface area contributed by atoms with Crippen LogP contribution in [0.15, 0.2) is 42.5 Å². The van der Waals surface area contributed by atoms with Crippen molar-refractivity contribution in [1.29, 1.82) is 0 Å². The van der Waals surface area contributed by atoms with Gasteiger partial charge in [0.2, 0.25) is 0 Å². The minimum atomic E-state index is 0.722. The molecule has 2 rings (SSSR count). The summed E-state index contributed by atoms with van der Waals surface area (Å²) in [4.78, 5) is 0. The van der Waals surface area contributed by atoms with E-state index in [1.165, 1.54) is 5.56 Å². The van der Waals surface area contributed by atoms with Crippen molar-refractivity contribution in [3.63, 3.8) is 0 Å². The molecule has 0 saturated carbocycles. The molecule has 0 heterocycles. The maximum Gasteiger partial charge on any atom is 0.127 e. The molecule has 0 aromatic heterocycles. The van der Waals surface area contributed by atoms with Crippen LogP contribution in [0, 0.1) is 0 Å². The predicted molar refractivity (Wildman–Crippen MR) is 90.1 cm³/mol. The third-order valence-electron chi connectivity index (χ3n) is 3.28. The maximum atomic E-state index is 6.20. The van der Waals surface area contributed by atoms with Crippen LogP contribution in [0.5, 0.6) is 5.75 Å². The maximum absolute atomic E-state index is 6.20. The normalized spacial score (nSPS) is 10.6. The zero-order chi connectivity index (χ0) is 15.1. The SMILES string of the molecule is CCCOc1ccccc1-c1cc(Cl)ccc1CNCC. The summed E-state index contributed by atoms with van der Waals surface area (Å²) in [5, 5.41) is 4.12. The van der Waals surface area contributed by atoms with E-state index in [1.807, 2.05) is 30.3 Å². The Labute approximate surface area is 132 Å². The van der Waals surface area contributed by atoms with E-state index in [4.69, 9.17) is 16.3 Å². The Morgan fingerprint density at radius 2 is 1.86 bits per heavy atom. The number of nitrogens with one attached hydrogen (secondary N) is 1. The van der Waals surface area contributed by atoms with Crippen LogP contribution < -0.4 is 10.1 Å². The van der Waals surface area contributed by atoms with Gasteiger partial charge in [-0.25, -0.2) is 0 Å². The van der Waals surface area contributed by atoms with Gasteiger partial charge in [-0.2, -0.15) is 0 Å². The van der Waals surface area contributed by atoms with Crippen LogP contribution in [0.1, 0.15) is 25.8 Å². The van der Waals surface area contributed by atoms with Crippen molar-refractivity contribution < 1.29 is 4.74 Å². The van der Waals surface area contributed by atoms with Crippen molar-refractivity contribution in [1.82, 2.24) is 5.32 Å². The zero-order valence-electron chi connectivity index (χ0n) is 12.7. The van der Waals surface area contributed by atoms with Crippen molar-refractivity contribution in [2.24, 2.45) is 0 Å². The summed E-state index contributed by atoms with van der Waals surface area (Å²) in [7, 11) is 0. The molecule has 0 aliphatic carbocycles. The molecule has 112 valence electrons. The number of benzene rings is 2. The summed E-state index contributed by atoms with van der Waals surface area (Å²) in [5.41, 5.74) is 3.46. The molecule has 0 amide bonds. The molecule has 0 aliphatic rings. The summed E-state index contributed by atoms with van der Waals surface area (Å²) in [6.45, 7) is 6.70. The summed E-state index contributed by atoms with van der Waals surface area (Å²) in [6.07, 6.45) is 0.994. The molecule has 0 atom stereocenters. The Morgan fingerprint density at radius 3 is 2.62 bits per heavy atom. The Hall–Kier alpha value is -1.51. The lowest BCUT2D eigenvalue weighted by Crippen LogP contribution is -2.12. The van der Waals surface area contributed by atoms with Gasteiger partial charge in [0.1, 0.15) is 5.75 Å². The van der Waals surface area contributed by atoms with Gasteiger partial charge in [0.25, 0.3) is 0 Å². The molecule has 0 bridgehead atoms. The first-order valence-corrected chi connectivity index (χ1v) is 7.85. The summed E-state index contributed by atoms with van der Waals surface area (Å²) in [6, 6.07) is 14.2. The van der Waals surface area contributed by atoms with Crippen LogP contribution in [0.3, 0.4) is 0 Å². The van der Waals surface area contributed by atoms with E-state index < -0.39 is 0 Å². The second-order valence-electron chi connectivity index (χ2n) is 4.93. The molecule has 0 fully saturated rings. The fraction of sp³-hybridized carbons (Fsp3) is 0.333. The fourth-order valence-corrected chi connectivity index (χ4v) is 2.41. The van der Waals surface area contributed by atoms with Crippen LogP contribution in [-0.2, 0) is 6.54 Å². The molecule has 2 aromatic carbocycles. The van der Waals surface area contributed by atoms with Crippen molar-refractivity contribution >= 4 is 11.6 Å². The van der Waals surface area contributed by atoms with Gasteiger partial charge >= 0.3 is 0 Å². The molecule has 0 radical (unpaired) electrons. The van der Waals surface area contributed by atoms with E-state index in [9.17, 15) is 0 Å². The van der Waals surface area contributed by atoms with E-state index >= 15 is 0 Å². The summed E-state index contributed by atoms with van der Waals surface area (Å²) < 4.78 is 5.88. The van der Waals surface area contributed by atoms with Crippen molar-refractivity contribution in [3.8, 4) is 16.9 Å². The minimum absolute atomic E-state index is 0.722. The van der Waals surface area contributed by atoms with Gasteiger partial charge in [-0.05, 0) is 42.3 Å². The van der Waals surface area contributed by atoms with Gasteiger partial charge in [-0.1, -0.05) is 49.7 Å². The number of hydrogen-bond donors (Lipinski definition) is 1. The highest BCUT2D eigenvalue weighted by Crippen LogP contribution is 2.34. The van der Waals surface area contributed by atoms with Crippen molar-refractivity contribution in [2.45, 2.75) is 26.8 Å². The number of rotatable bonds is 7. The molecule has 0 saturated heterocycles. The molecular formula is C18H22ClNO. The van der Waals surface area contributed by atoms with Gasteiger partial charge in [-0.15, -0.1) is 0 Å². The lowest BCUT2D eigenvalue weighted by atomic mass is 9.98. The summed E-state index contributed by atoms with van der Waals surface area (Å²) in [5.74, 6) is 0.916. The monoisotopic (exact) mass is 303 g/mol. The van der Waals surface area contributed by atoms with Crippen LogP contribution in [-0.4, -0.2) is 13.2 Å². The first kappa shape index (κ1) is 15.9. The highest BCUT2D eigenvalue weighted by Gasteiger charge is 2.11. The van der Waals surface area contributed by atoms with Crippen molar-refractivity contribution in [3.05, 3.63) is 53.1 Å². The third kappa shape index (κ3) is 4.23. The van der Waals surface area contributed by atoms with Gasteiger partial charge in [0.05, 0.1) is 6.61 Å². The minimum Gasteiger partial charge on any atom is -0.493 e. The molecule has 3 heteroatoms. The number of para-hydroxylation sites is 1. The summed E-state index contributed by atoms with van der Waals surface area (Å²) >= 11 is 6.20. The Kier molecular flexibility index (Phi) is 6.09. The predicted octanol–water partition coefficient (Wildman–Crippen LogP) is 4.91. The molecule has 1 N–H and O–H groups in total. The van der Waals surface area contributed by atoms with Crippen LogP contribution >= 0.6 is 11.6 Å². The average molecular weight is 304 g/mol. The molecule has 0 unspecified atom stereocenters. The van der Waals surface area contributed by atoms with Crippen LogP contribution in [0.25, 0.3) is 11.1 Å². The van der Waals surface area contributed by atoms with Gasteiger partial charge in [0, 0.05) is 17.1 Å². The highest BCUT2D eigenvalue weighted by atomic mass is 35.5. The standard InChI is InChI=1S/C18H22ClNO/c1-3-11-21-18-8-6-5-7-16(18)17-12-15(19)10-9-14(17)13-20-4-2/h5-10,12,20H,3-4,11,13H2,1-2H3. The first-order valence-electron chi connectivity index (χ1n) is 7.47. The van der Waals surface area contributed by atoms with E-state index in [1.54, 1.807) is 0 Å². The van der Waals surface area contributed by atoms with Gasteiger partial charge < -0.3 is 10.1 Å². The molecule has 21 heavy (non-hydrogen) atoms. The van der Waals surface area contributed by atoms with E-state index in [2.05, 4.69) is 31.3 Å².